The number of hydrogen-bond donors (Lipinski definition) is 0. The minimum Gasteiger partial charge on any atom is -0.497 e. The summed E-state index contributed by atoms with van der Waals surface area (Å²) in [5, 5.41) is 0. The van der Waals surface area contributed by atoms with E-state index in [0.29, 0.717) is 13.0 Å². The van der Waals surface area contributed by atoms with Crippen molar-refractivity contribution >= 4 is 15.9 Å². The lowest BCUT2D eigenvalue weighted by Crippen LogP contribution is -2.42. The molecule has 1 amide bonds. The monoisotopic (exact) mass is 356 g/mol. The molecule has 24 heavy (non-hydrogen) atoms. The summed E-state index contributed by atoms with van der Waals surface area (Å²) < 4.78 is 30.3. The maximum absolute atomic E-state index is 12.2. The molecule has 1 rings (SSSR count). The molecule has 0 atom stereocenters. The van der Waals surface area contributed by atoms with Gasteiger partial charge in [-0.25, -0.2) is 8.42 Å². The number of amides is 1. The summed E-state index contributed by atoms with van der Waals surface area (Å²) in [5.74, 6) is 0.579. The van der Waals surface area contributed by atoms with Crippen molar-refractivity contribution in [2.45, 2.75) is 26.2 Å². The number of benzene rings is 1. The second-order valence-corrected chi connectivity index (χ2v) is 7.85. The van der Waals surface area contributed by atoms with Crippen LogP contribution in [-0.2, 0) is 21.2 Å². The number of likely N-dealkylation sites (N-methyl/N-ethyl adjacent to an activating group) is 1. The summed E-state index contributed by atoms with van der Waals surface area (Å²) in [4.78, 5) is 13.8. The van der Waals surface area contributed by atoms with E-state index in [1.54, 1.807) is 19.1 Å². The molecule has 0 N–H and O–H groups in total. The van der Waals surface area contributed by atoms with Crippen LogP contribution in [-0.4, -0.2) is 63.6 Å². The van der Waals surface area contributed by atoms with Gasteiger partial charge in [-0.1, -0.05) is 25.5 Å². The van der Waals surface area contributed by atoms with Gasteiger partial charge in [0.2, 0.25) is 15.9 Å². The number of carbonyl (C=O) groups is 1. The molecular weight excluding hydrogens is 328 g/mol. The zero-order chi connectivity index (χ0) is 18.2. The molecule has 6 nitrogen and oxygen atoms in total. The summed E-state index contributed by atoms with van der Waals surface area (Å²) in [6, 6.07) is 7.47. The molecule has 0 spiro atoms. The van der Waals surface area contributed by atoms with Gasteiger partial charge in [-0.05, 0) is 30.5 Å². The Morgan fingerprint density at radius 3 is 2.29 bits per heavy atom. The smallest absolute Gasteiger partial charge is 0.237 e. The molecule has 7 heteroatoms. The van der Waals surface area contributed by atoms with Gasteiger partial charge in [0.05, 0.1) is 19.9 Å². The highest BCUT2D eigenvalue weighted by atomic mass is 32.2. The zero-order valence-electron chi connectivity index (χ0n) is 15.0. The summed E-state index contributed by atoms with van der Waals surface area (Å²) in [6.07, 6.45) is 3.58. The van der Waals surface area contributed by atoms with Gasteiger partial charge in [-0.2, -0.15) is 4.31 Å². The third-order valence-electron chi connectivity index (χ3n) is 3.86. The fourth-order valence-corrected chi connectivity index (χ4v) is 2.97. The van der Waals surface area contributed by atoms with Crippen LogP contribution in [0.1, 0.15) is 25.3 Å². The molecule has 0 saturated heterocycles. The normalized spacial score (nSPS) is 11.5. The first-order valence-electron chi connectivity index (χ1n) is 8.10. The van der Waals surface area contributed by atoms with Crippen LogP contribution in [0.2, 0.25) is 0 Å². The Morgan fingerprint density at radius 1 is 1.17 bits per heavy atom. The van der Waals surface area contributed by atoms with E-state index in [-0.39, 0.29) is 19.0 Å². The van der Waals surface area contributed by atoms with E-state index < -0.39 is 10.0 Å². The van der Waals surface area contributed by atoms with Crippen LogP contribution in [0.15, 0.2) is 24.3 Å². The number of hydrogen-bond acceptors (Lipinski definition) is 4. The lowest BCUT2D eigenvalue weighted by Gasteiger charge is -2.23. The molecule has 1 aromatic rings. The predicted octanol–water partition coefficient (Wildman–Crippen LogP) is 1.76. The minimum atomic E-state index is -3.44. The molecule has 0 bridgehead atoms. The van der Waals surface area contributed by atoms with E-state index in [2.05, 4.69) is 6.92 Å². The van der Waals surface area contributed by atoms with Crippen LogP contribution in [0.5, 0.6) is 5.75 Å². The molecule has 0 saturated carbocycles. The molecule has 0 aromatic heterocycles. The van der Waals surface area contributed by atoms with Crippen molar-refractivity contribution in [3.8, 4) is 5.75 Å². The number of carbonyl (C=O) groups excluding carboxylic acids is 1. The Hall–Kier alpha value is -1.60. The van der Waals surface area contributed by atoms with E-state index in [9.17, 15) is 13.2 Å². The van der Waals surface area contributed by atoms with E-state index in [0.717, 1.165) is 30.4 Å². The van der Waals surface area contributed by atoms with Crippen LogP contribution < -0.4 is 4.74 Å². The first-order valence-corrected chi connectivity index (χ1v) is 9.94. The summed E-state index contributed by atoms with van der Waals surface area (Å²) >= 11 is 0. The van der Waals surface area contributed by atoms with Crippen LogP contribution in [0.3, 0.4) is 0 Å². The topological polar surface area (TPSA) is 66.9 Å². The van der Waals surface area contributed by atoms with Gasteiger partial charge in [0.1, 0.15) is 5.75 Å². The SMILES string of the molecule is CCCCN(C)C(=O)CN(CCc1ccc(OC)cc1)S(C)(=O)=O. The van der Waals surface area contributed by atoms with Gasteiger partial charge in [-0.3, -0.25) is 4.79 Å². The molecule has 0 radical (unpaired) electrons. The molecule has 0 aliphatic heterocycles. The first kappa shape index (κ1) is 20.4. The average Bonchev–Trinajstić information content (AvgIpc) is 2.55. The Bertz CT molecular complexity index is 614. The number of ether oxygens (including phenoxy) is 1. The predicted molar refractivity (Wildman–Crippen MR) is 95.7 cm³/mol. The number of sulfonamides is 1. The van der Waals surface area contributed by atoms with Gasteiger partial charge in [-0.15, -0.1) is 0 Å². The molecule has 0 aliphatic rings. The van der Waals surface area contributed by atoms with Gasteiger partial charge in [0, 0.05) is 20.1 Å². The number of methoxy groups -OCH3 is 1. The molecule has 0 unspecified atom stereocenters. The Morgan fingerprint density at radius 2 is 1.79 bits per heavy atom. The molecule has 0 aliphatic carbocycles. The molecule has 0 heterocycles. The second-order valence-electron chi connectivity index (χ2n) is 5.86. The van der Waals surface area contributed by atoms with E-state index in [1.165, 1.54) is 4.31 Å². The standard InChI is InChI=1S/C17H28N2O4S/c1-5-6-12-18(2)17(20)14-19(24(4,21)22)13-11-15-7-9-16(23-3)10-8-15/h7-10H,5-6,11-14H2,1-4H3. The van der Waals surface area contributed by atoms with E-state index in [1.807, 2.05) is 24.3 Å². The summed E-state index contributed by atoms with van der Waals surface area (Å²) in [5.41, 5.74) is 0.997. The van der Waals surface area contributed by atoms with Gasteiger partial charge < -0.3 is 9.64 Å². The van der Waals surface area contributed by atoms with Crippen LogP contribution in [0.25, 0.3) is 0 Å². The summed E-state index contributed by atoms with van der Waals surface area (Å²) in [7, 11) is -0.127. The molecule has 0 fully saturated rings. The maximum atomic E-state index is 12.2. The summed E-state index contributed by atoms with van der Waals surface area (Å²) in [6.45, 7) is 2.86. The fraction of sp³-hybridized carbons (Fsp3) is 0.588. The van der Waals surface area contributed by atoms with Crippen molar-refractivity contribution in [1.82, 2.24) is 9.21 Å². The Balaban J connectivity index is 2.67. The minimum absolute atomic E-state index is 0.116. The van der Waals surface area contributed by atoms with Crippen molar-refractivity contribution in [2.24, 2.45) is 0 Å². The quantitative estimate of drug-likeness (QED) is 0.641. The highest BCUT2D eigenvalue weighted by Gasteiger charge is 2.21. The molecule has 1 aromatic carbocycles. The highest BCUT2D eigenvalue weighted by Crippen LogP contribution is 2.12. The van der Waals surface area contributed by atoms with Crippen molar-refractivity contribution in [1.29, 1.82) is 0 Å². The lowest BCUT2D eigenvalue weighted by atomic mass is 10.1. The largest absolute Gasteiger partial charge is 0.497 e. The highest BCUT2D eigenvalue weighted by molar-refractivity contribution is 7.88. The van der Waals surface area contributed by atoms with Crippen LogP contribution in [0.4, 0.5) is 0 Å². The zero-order valence-corrected chi connectivity index (χ0v) is 15.8. The Labute approximate surface area is 145 Å². The Kier molecular flexibility index (Phi) is 8.21. The van der Waals surface area contributed by atoms with E-state index in [4.69, 9.17) is 4.74 Å². The van der Waals surface area contributed by atoms with Gasteiger partial charge >= 0.3 is 0 Å². The molecular formula is C17H28N2O4S. The van der Waals surface area contributed by atoms with Crippen LogP contribution >= 0.6 is 0 Å². The first-order chi connectivity index (χ1) is 11.3. The number of nitrogens with zero attached hydrogens (tertiary/aromatic N) is 2. The molecule has 136 valence electrons. The fourth-order valence-electron chi connectivity index (χ4n) is 2.20. The number of unbranched alkanes of at least 4 members (excludes halogenated alkanes) is 1. The average molecular weight is 356 g/mol. The van der Waals surface area contributed by atoms with Crippen molar-refractivity contribution in [3.05, 3.63) is 29.8 Å². The third-order valence-corrected chi connectivity index (χ3v) is 5.11. The van der Waals surface area contributed by atoms with E-state index >= 15 is 0 Å². The third kappa shape index (κ3) is 6.88. The van der Waals surface area contributed by atoms with Crippen molar-refractivity contribution < 1.29 is 17.9 Å². The maximum Gasteiger partial charge on any atom is 0.237 e. The van der Waals surface area contributed by atoms with Gasteiger partial charge in [0.15, 0.2) is 0 Å². The van der Waals surface area contributed by atoms with Crippen molar-refractivity contribution in [2.75, 3.05) is 40.0 Å². The van der Waals surface area contributed by atoms with Gasteiger partial charge in [0.25, 0.3) is 0 Å². The van der Waals surface area contributed by atoms with Crippen LogP contribution in [0, 0.1) is 0 Å². The second kappa shape index (κ2) is 9.64. The number of rotatable bonds is 10. The van der Waals surface area contributed by atoms with Crippen molar-refractivity contribution in [3.63, 3.8) is 0 Å². The lowest BCUT2D eigenvalue weighted by molar-refractivity contribution is -0.130.